The summed E-state index contributed by atoms with van der Waals surface area (Å²) in [5, 5.41) is 0. The van der Waals surface area contributed by atoms with E-state index in [1.807, 2.05) is 0 Å². The molecule has 0 aromatic rings. The van der Waals surface area contributed by atoms with Crippen molar-refractivity contribution in [2.75, 3.05) is 35.5 Å². The van der Waals surface area contributed by atoms with Crippen LogP contribution in [0.3, 0.4) is 0 Å². The monoisotopic (exact) mass is 464 g/mol. The first-order valence-electron chi connectivity index (χ1n) is 6.11. The molecule has 2 aliphatic heterocycles. The molecule has 0 saturated carbocycles. The summed E-state index contributed by atoms with van der Waals surface area (Å²) in [6, 6.07) is 0. The molecule has 0 aromatic heterocycles. The van der Waals surface area contributed by atoms with Gasteiger partial charge in [0.1, 0.15) is 23.0 Å². The first kappa shape index (κ1) is 22.2. The molecule has 0 N–H and O–H groups in total. The number of hydrogen-bond donors (Lipinski definition) is 0. The summed E-state index contributed by atoms with van der Waals surface area (Å²) < 4.78 is 0. The second kappa shape index (κ2) is 8.31. The van der Waals surface area contributed by atoms with E-state index < -0.39 is 7.66 Å². The van der Waals surface area contributed by atoms with Gasteiger partial charge in [0.05, 0.1) is 12.5 Å². The third-order valence-electron chi connectivity index (χ3n) is 2.47. The van der Waals surface area contributed by atoms with Gasteiger partial charge in [0.25, 0.3) is 0 Å². The average molecular weight is 467 g/mol. The van der Waals surface area contributed by atoms with E-state index in [2.05, 4.69) is 12.5 Å². The molecule has 0 aliphatic carbocycles. The molecule has 0 atom stereocenters. The van der Waals surface area contributed by atoms with Crippen LogP contribution in [0.2, 0.25) is 0 Å². The third-order valence-corrected chi connectivity index (χ3v) is 6.41. The molecule has 2 heterocycles. The molecule has 2 aliphatic rings. The first-order chi connectivity index (χ1) is 8.24. The van der Waals surface area contributed by atoms with E-state index >= 15 is 0 Å². The van der Waals surface area contributed by atoms with Crippen LogP contribution < -0.4 is 0 Å². The molecule has 0 bridgehead atoms. The number of hydrogen-bond acceptors (Lipinski definition) is 0. The van der Waals surface area contributed by atoms with Crippen LogP contribution in [0.25, 0.3) is 0 Å². The number of halogens is 6. The van der Waals surface area contributed by atoms with Gasteiger partial charge < -0.3 is 0 Å². The summed E-state index contributed by atoms with van der Waals surface area (Å²) in [5.41, 5.74) is 0. The molecule has 0 nitrogen and oxygen atoms in total. The zero-order chi connectivity index (χ0) is 15.2. The van der Waals surface area contributed by atoms with Crippen molar-refractivity contribution in [2.45, 2.75) is 25.7 Å². The fourth-order valence-electron chi connectivity index (χ4n) is 1.60. The van der Waals surface area contributed by atoms with E-state index in [-0.39, 0.29) is 0 Å². The molecule has 120 valence electrons. The topological polar surface area (TPSA) is 0 Å². The van der Waals surface area contributed by atoms with Crippen LogP contribution in [0.5, 0.6) is 0 Å². The van der Waals surface area contributed by atoms with Crippen molar-refractivity contribution in [2.24, 2.45) is 0 Å². The Balaban J connectivity index is 0.000000256. The molecule has 0 aromatic carbocycles. The Morgan fingerprint density at radius 1 is 0.579 bits per heavy atom. The molecule has 2 saturated heterocycles. The zero-order valence-corrected chi connectivity index (χ0v) is 19.0. The Labute approximate surface area is 144 Å². The van der Waals surface area contributed by atoms with Crippen LogP contribution in [0.1, 0.15) is 25.7 Å². The van der Waals surface area contributed by atoms with Crippen molar-refractivity contribution in [1.29, 1.82) is 0 Å². The summed E-state index contributed by atoms with van der Waals surface area (Å²) in [5.74, 6) is 6.06. The maximum atomic E-state index is 5.06. The van der Waals surface area contributed by atoms with E-state index in [9.17, 15) is 0 Å². The van der Waals surface area contributed by atoms with Gasteiger partial charge in [-0.25, -0.2) is 0 Å². The summed E-state index contributed by atoms with van der Waals surface area (Å²) >= 11 is 0. The third kappa shape index (κ3) is 26.4. The van der Waals surface area contributed by atoms with E-state index in [4.69, 9.17) is 55.8 Å². The van der Waals surface area contributed by atoms with E-state index in [1.165, 1.54) is 48.7 Å². The van der Waals surface area contributed by atoms with E-state index in [1.54, 1.807) is 0 Å². The minimum absolute atomic E-state index is 0.827. The Bertz CT molecular complexity index is 227. The van der Waals surface area contributed by atoms with Crippen LogP contribution in [-0.2, 0) is 29.4 Å². The van der Waals surface area contributed by atoms with E-state index in [0.29, 0.717) is 0 Å². The summed E-state index contributed by atoms with van der Waals surface area (Å²) in [6.45, 7) is 0. The van der Waals surface area contributed by atoms with E-state index in [0.717, 1.165) is 21.8 Å². The predicted octanol–water partition coefficient (Wildman–Crippen LogP) is 6.19. The Kier molecular flexibility index (Phi) is 9.69. The van der Waals surface area contributed by atoms with Crippen LogP contribution >= 0.6 is 55.8 Å². The normalized spacial score (nSPS) is 24.6. The standard InChI is InChI=1S/2C5H11S.6ClH.Ti/c2*1-6-4-2-3-5-6;;;;;;;/h2*2-5H2,1H3;6*1H;/q2*+1;;;;;;;+4/p-6. The predicted molar refractivity (Wildman–Crippen MR) is 99.6 cm³/mol. The van der Waals surface area contributed by atoms with Gasteiger partial charge in [-0.05, 0) is 47.5 Å². The second-order valence-electron chi connectivity index (χ2n) is 4.87. The molecule has 19 heavy (non-hydrogen) atoms. The molecular formula is C10H22Cl6S2Ti. The molecule has 0 radical (unpaired) electrons. The Morgan fingerprint density at radius 2 is 0.737 bits per heavy atom. The first-order valence-corrected chi connectivity index (χ1v) is 22.9. The summed E-state index contributed by atoms with van der Waals surface area (Å²) in [4.78, 5) is 0. The van der Waals surface area contributed by atoms with Gasteiger partial charge in [0.2, 0.25) is 0 Å². The van der Waals surface area contributed by atoms with Crippen molar-refractivity contribution in [1.82, 2.24) is 0 Å². The van der Waals surface area contributed by atoms with Gasteiger partial charge in [-0.15, -0.1) is 0 Å². The van der Waals surface area contributed by atoms with Crippen LogP contribution in [0.4, 0.5) is 0 Å². The summed E-state index contributed by atoms with van der Waals surface area (Å²) in [6.07, 6.45) is 10.7. The molecule has 2 fully saturated rings. The van der Waals surface area contributed by atoms with Crippen molar-refractivity contribution in [3.63, 3.8) is 0 Å². The van der Waals surface area contributed by atoms with Gasteiger partial charge in [-0.2, -0.15) is 0 Å². The molecule has 0 amide bonds. The molecule has 0 spiro atoms. The van der Waals surface area contributed by atoms with Crippen molar-refractivity contribution >= 4 is 77.6 Å². The maximum absolute atomic E-state index is 5.33. The minimum atomic E-state index is -5.33. The molecule has 2 rings (SSSR count). The van der Waals surface area contributed by atoms with Gasteiger partial charge in [-0.3, -0.25) is 0 Å². The Hall–Kier alpha value is 3.15. The molecule has 0 unspecified atom stereocenters. The summed E-state index contributed by atoms with van der Waals surface area (Å²) in [7, 11) is 26.7. The SMILES string of the molecule is C[S+]1CCCC1.C[S+]1CCCC1.[Cl][Ti-2]([Cl])([Cl])([Cl])([Cl])[Cl]. The average Bonchev–Trinajstić information content (AvgIpc) is 2.73. The fourth-order valence-corrected chi connectivity index (χ4v) is 4.79. The van der Waals surface area contributed by atoms with Gasteiger partial charge >= 0.3 is 63.5 Å². The fraction of sp³-hybridized carbons (Fsp3) is 1.00. The van der Waals surface area contributed by atoms with Crippen molar-refractivity contribution in [3.05, 3.63) is 0 Å². The van der Waals surface area contributed by atoms with Gasteiger partial charge in [0.15, 0.2) is 0 Å². The zero-order valence-electron chi connectivity index (χ0n) is 11.2. The van der Waals surface area contributed by atoms with Crippen molar-refractivity contribution < 1.29 is 7.66 Å². The molecule has 9 heteroatoms. The van der Waals surface area contributed by atoms with Crippen LogP contribution in [-0.4, -0.2) is 35.5 Å². The quantitative estimate of drug-likeness (QED) is 0.295. The second-order valence-corrected chi connectivity index (χ2v) is 48.3. The van der Waals surface area contributed by atoms with Gasteiger partial charge in [-0.1, -0.05) is 0 Å². The molecular weight excluding hydrogens is 445 g/mol. The number of rotatable bonds is 0. The van der Waals surface area contributed by atoms with Crippen molar-refractivity contribution in [3.8, 4) is 0 Å². The Morgan fingerprint density at radius 3 is 0.789 bits per heavy atom. The van der Waals surface area contributed by atoms with Crippen LogP contribution in [0.15, 0.2) is 0 Å². The van der Waals surface area contributed by atoms with Gasteiger partial charge in [0, 0.05) is 0 Å². The van der Waals surface area contributed by atoms with Crippen LogP contribution in [0, 0.1) is 0 Å².